The molecule has 9 heteroatoms. The van der Waals surface area contributed by atoms with Gasteiger partial charge in [0.2, 0.25) is 5.95 Å². The minimum atomic E-state index is -0.717. The number of nitrogens with one attached hydrogen (secondary N) is 1. The molecule has 2 unspecified atom stereocenters. The number of rotatable bonds is 3. The van der Waals surface area contributed by atoms with Crippen molar-refractivity contribution in [1.82, 2.24) is 19.5 Å². The number of nitrogen functional groups attached to an aromatic ring is 1. The van der Waals surface area contributed by atoms with E-state index >= 15 is 0 Å². The lowest BCUT2D eigenvalue weighted by atomic mass is 10.2. The molecule has 2 aromatic heterocycles. The normalized spacial score (nSPS) is 26.2. The van der Waals surface area contributed by atoms with E-state index in [1.54, 1.807) is 17.9 Å². The van der Waals surface area contributed by atoms with Crippen LogP contribution in [0.25, 0.3) is 11.2 Å². The van der Waals surface area contributed by atoms with Crippen molar-refractivity contribution >= 4 is 22.9 Å². The monoisotopic (exact) mass is 280 g/mol. The Morgan fingerprint density at radius 3 is 3.00 bits per heavy atom. The third-order valence-electron chi connectivity index (χ3n) is 3.37. The van der Waals surface area contributed by atoms with Gasteiger partial charge in [-0.15, -0.1) is 0 Å². The Morgan fingerprint density at radius 2 is 2.35 bits per heavy atom. The van der Waals surface area contributed by atoms with Crippen LogP contribution in [0.2, 0.25) is 0 Å². The minimum absolute atomic E-state index is 0.126. The Kier molecular flexibility index (Phi) is 3.16. The van der Waals surface area contributed by atoms with Crippen molar-refractivity contribution < 1.29 is 14.9 Å². The first-order valence-electron chi connectivity index (χ1n) is 6.26. The van der Waals surface area contributed by atoms with E-state index in [0.29, 0.717) is 23.4 Å². The standard InChI is InChI=1S/C11H16N6O3/c1-13-9-8-10(16-11(12)15-9)17(4-14-8)7-2-5(19)6(3-18)20-7/h4-7,18-19H,2-3H2,1H3,(H3,12,13,15,16)/t5-,6?,7?/m1/s1. The highest BCUT2D eigenvalue weighted by atomic mass is 16.5. The molecule has 9 nitrogen and oxygen atoms in total. The summed E-state index contributed by atoms with van der Waals surface area (Å²) in [5, 5.41) is 21.8. The summed E-state index contributed by atoms with van der Waals surface area (Å²) in [5.74, 6) is 0.657. The molecule has 3 atom stereocenters. The van der Waals surface area contributed by atoms with Gasteiger partial charge >= 0.3 is 0 Å². The molecule has 0 amide bonds. The first-order chi connectivity index (χ1) is 9.63. The molecule has 0 spiro atoms. The Balaban J connectivity index is 2.03. The maximum atomic E-state index is 9.80. The Labute approximate surface area is 114 Å². The van der Waals surface area contributed by atoms with E-state index < -0.39 is 18.4 Å². The fourth-order valence-corrected chi connectivity index (χ4v) is 2.37. The van der Waals surface area contributed by atoms with Crippen molar-refractivity contribution in [1.29, 1.82) is 0 Å². The summed E-state index contributed by atoms with van der Waals surface area (Å²) >= 11 is 0. The molecule has 1 fully saturated rings. The zero-order chi connectivity index (χ0) is 14.3. The molecule has 0 bridgehead atoms. The number of aliphatic hydroxyl groups is 2. The second-order valence-corrected chi connectivity index (χ2v) is 4.62. The summed E-state index contributed by atoms with van der Waals surface area (Å²) in [6.07, 6.45) is 0.170. The number of hydrogen-bond donors (Lipinski definition) is 4. The molecule has 1 saturated heterocycles. The fourth-order valence-electron chi connectivity index (χ4n) is 2.37. The van der Waals surface area contributed by atoms with Gasteiger partial charge in [0.05, 0.1) is 19.0 Å². The highest BCUT2D eigenvalue weighted by Gasteiger charge is 2.35. The molecule has 20 heavy (non-hydrogen) atoms. The summed E-state index contributed by atoms with van der Waals surface area (Å²) in [5.41, 5.74) is 6.78. The number of hydrogen-bond acceptors (Lipinski definition) is 8. The van der Waals surface area contributed by atoms with Gasteiger partial charge in [-0.25, -0.2) is 4.98 Å². The molecule has 0 aromatic carbocycles. The lowest BCUT2D eigenvalue weighted by Gasteiger charge is -2.13. The molecule has 2 aromatic rings. The molecular formula is C11H16N6O3. The van der Waals surface area contributed by atoms with Crippen molar-refractivity contribution in [2.24, 2.45) is 0 Å². The lowest BCUT2D eigenvalue weighted by molar-refractivity contribution is -0.0432. The van der Waals surface area contributed by atoms with E-state index in [1.165, 1.54) is 0 Å². The van der Waals surface area contributed by atoms with Crippen molar-refractivity contribution in [3.63, 3.8) is 0 Å². The number of imidazole rings is 1. The third kappa shape index (κ3) is 1.96. The third-order valence-corrected chi connectivity index (χ3v) is 3.37. The number of aromatic nitrogens is 4. The minimum Gasteiger partial charge on any atom is -0.394 e. The van der Waals surface area contributed by atoms with Crippen molar-refractivity contribution in [2.45, 2.75) is 24.9 Å². The molecule has 0 saturated carbocycles. The van der Waals surface area contributed by atoms with Crippen LogP contribution >= 0.6 is 0 Å². The smallest absolute Gasteiger partial charge is 0.224 e. The lowest BCUT2D eigenvalue weighted by Crippen LogP contribution is -2.24. The van der Waals surface area contributed by atoms with Gasteiger partial charge in [0, 0.05) is 13.5 Å². The molecule has 1 aliphatic rings. The van der Waals surface area contributed by atoms with E-state index in [-0.39, 0.29) is 12.6 Å². The van der Waals surface area contributed by atoms with Crippen LogP contribution in [0.15, 0.2) is 6.33 Å². The zero-order valence-electron chi connectivity index (χ0n) is 10.9. The first kappa shape index (κ1) is 13.0. The van der Waals surface area contributed by atoms with Crippen molar-refractivity contribution in [3.05, 3.63) is 6.33 Å². The van der Waals surface area contributed by atoms with E-state index in [0.717, 1.165) is 0 Å². The van der Waals surface area contributed by atoms with Crippen LogP contribution in [0.3, 0.4) is 0 Å². The van der Waals surface area contributed by atoms with Crippen LogP contribution in [-0.2, 0) is 4.74 Å². The topological polar surface area (TPSA) is 131 Å². The fraction of sp³-hybridized carbons (Fsp3) is 0.545. The number of aliphatic hydroxyl groups excluding tert-OH is 2. The molecule has 0 aliphatic carbocycles. The van der Waals surface area contributed by atoms with E-state index in [9.17, 15) is 5.11 Å². The van der Waals surface area contributed by atoms with Crippen molar-refractivity contribution in [3.8, 4) is 0 Å². The maximum Gasteiger partial charge on any atom is 0.224 e. The molecule has 1 aliphatic heterocycles. The highest BCUT2D eigenvalue weighted by Crippen LogP contribution is 2.31. The van der Waals surface area contributed by atoms with Gasteiger partial charge in [-0.2, -0.15) is 9.97 Å². The summed E-state index contributed by atoms with van der Waals surface area (Å²) in [6, 6.07) is 0. The quantitative estimate of drug-likeness (QED) is 0.568. The summed E-state index contributed by atoms with van der Waals surface area (Å²) < 4.78 is 7.28. The van der Waals surface area contributed by atoms with Gasteiger partial charge in [-0.1, -0.05) is 0 Å². The average molecular weight is 280 g/mol. The van der Waals surface area contributed by atoms with Crippen LogP contribution < -0.4 is 11.1 Å². The first-order valence-corrected chi connectivity index (χ1v) is 6.26. The number of nitrogens with two attached hydrogens (primary N) is 1. The van der Waals surface area contributed by atoms with Gasteiger partial charge in [0.25, 0.3) is 0 Å². The Morgan fingerprint density at radius 1 is 1.55 bits per heavy atom. The van der Waals surface area contributed by atoms with Crippen LogP contribution in [0.1, 0.15) is 12.6 Å². The molecule has 108 valence electrons. The Bertz CT molecular complexity index is 630. The predicted molar refractivity (Wildman–Crippen MR) is 70.9 cm³/mol. The molecule has 0 radical (unpaired) electrons. The average Bonchev–Trinajstić information content (AvgIpc) is 3.00. The molecule has 5 N–H and O–H groups in total. The van der Waals surface area contributed by atoms with Crippen LogP contribution in [-0.4, -0.2) is 55.6 Å². The highest BCUT2D eigenvalue weighted by molar-refractivity contribution is 5.84. The van der Waals surface area contributed by atoms with Crippen LogP contribution in [0.5, 0.6) is 0 Å². The SMILES string of the molecule is CNc1nc(N)nc2c1ncn2C1C[C@@H](O)C(CO)O1. The van der Waals surface area contributed by atoms with Gasteiger partial charge in [-0.05, 0) is 0 Å². The molecular weight excluding hydrogens is 264 g/mol. The van der Waals surface area contributed by atoms with Gasteiger partial charge in [0.15, 0.2) is 17.0 Å². The summed E-state index contributed by atoms with van der Waals surface area (Å²) in [7, 11) is 1.72. The van der Waals surface area contributed by atoms with Crippen LogP contribution in [0.4, 0.5) is 11.8 Å². The second-order valence-electron chi connectivity index (χ2n) is 4.62. The van der Waals surface area contributed by atoms with Crippen molar-refractivity contribution in [2.75, 3.05) is 24.7 Å². The largest absolute Gasteiger partial charge is 0.394 e. The summed E-state index contributed by atoms with van der Waals surface area (Å²) in [6.45, 7) is -0.233. The van der Waals surface area contributed by atoms with Gasteiger partial charge < -0.3 is 26.0 Å². The van der Waals surface area contributed by atoms with Gasteiger partial charge in [-0.3, -0.25) is 4.57 Å². The van der Waals surface area contributed by atoms with Gasteiger partial charge in [0.1, 0.15) is 12.3 Å². The molecule has 3 rings (SSSR count). The van der Waals surface area contributed by atoms with Crippen LogP contribution in [0, 0.1) is 0 Å². The second kappa shape index (κ2) is 4.85. The Hall–Kier alpha value is -1.97. The number of fused-ring (bicyclic) bond motifs is 1. The number of ether oxygens (including phenoxy) is 1. The summed E-state index contributed by atoms with van der Waals surface area (Å²) in [4.78, 5) is 12.5. The van der Waals surface area contributed by atoms with E-state index in [1.807, 2.05) is 0 Å². The predicted octanol–water partition coefficient (Wildman–Crippen LogP) is -0.909. The maximum absolute atomic E-state index is 9.80. The number of nitrogens with zero attached hydrogens (tertiary/aromatic N) is 4. The van der Waals surface area contributed by atoms with E-state index in [4.69, 9.17) is 15.6 Å². The van der Waals surface area contributed by atoms with E-state index in [2.05, 4.69) is 20.3 Å². The molecule has 3 heterocycles. The number of anilines is 2. The zero-order valence-corrected chi connectivity index (χ0v) is 10.9.